The molecule has 1 aromatic carbocycles. The van der Waals surface area contributed by atoms with Crippen molar-refractivity contribution in [1.82, 2.24) is 9.80 Å². The first-order valence-electron chi connectivity index (χ1n) is 5.36. The van der Waals surface area contributed by atoms with Gasteiger partial charge >= 0.3 is 12.0 Å². The number of nitrogens with zero attached hydrogens (tertiary/aromatic N) is 2. The molecule has 1 aliphatic rings. The largest absolute Gasteiger partial charge is 0.480 e. The van der Waals surface area contributed by atoms with Crippen molar-refractivity contribution in [3.8, 4) is 0 Å². The molecule has 0 spiro atoms. The lowest BCUT2D eigenvalue weighted by Gasteiger charge is -2.22. The van der Waals surface area contributed by atoms with Crippen LogP contribution in [0.4, 0.5) is 4.79 Å². The van der Waals surface area contributed by atoms with Crippen LogP contribution in [0.15, 0.2) is 24.3 Å². The van der Waals surface area contributed by atoms with Crippen LogP contribution in [0.1, 0.15) is 11.1 Å². The predicted octanol–water partition coefficient (Wildman–Crippen LogP) is 1.14. The van der Waals surface area contributed by atoms with E-state index in [9.17, 15) is 9.59 Å². The molecule has 17 heavy (non-hydrogen) atoms. The summed E-state index contributed by atoms with van der Waals surface area (Å²) in [6.07, 6.45) is 0. The van der Waals surface area contributed by atoms with E-state index in [1.54, 1.807) is 4.90 Å². The standard InChI is InChI=1S/C12H14N2O3/c1-13(8-11(15)16)12(17)14-6-9-4-2-3-5-10(9)7-14/h2-5H,6-8H2,1H3,(H,15,16). The number of urea groups is 1. The topological polar surface area (TPSA) is 60.9 Å². The zero-order valence-electron chi connectivity index (χ0n) is 9.59. The number of hydrogen-bond donors (Lipinski definition) is 1. The molecule has 0 saturated carbocycles. The number of aliphatic carboxylic acids is 1. The van der Waals surface area contributed by atoms with Gasteiger partial charge in [0.2, 0.25) is 0 Å². The molecular formula is C12H14N2O3. The van der Waals surface area contributed by atoms with E-state index in [1.165, 1.54) is 11.9 Å². The summed E-state index contributed by atoms with van der Waals surface area (Å²) in [5, 5.41) is 8.64. The molecular weight excluding hydrogens is 220 g/mol. The number of carbonyl (C=O) groups excluding carboxylic acids is 1. The van der Waals surface area contributed by atoms with Crippen molar-refractivity contribution in [2.45, 2.75) is 13.1 Å². The number of benzene rings is 1. The minimum atomic E-state index is -1.00. The summed E-state index contributed by atoms with van der Waals surface area (Å²) in [6, 6.07) is 7.60. The molecule has 0 radical (unpaired) electrons. The fourth-order valence-electron chi connectivity index (χ4n) is 1.98. The van der Waals surface area contributed by atoms with Crippen molar-refractivity contribution in [1.29, 1.82) is 0 Å². The van der Waals surface area contributed by atoms with E-state index in [2.05, 4.69) is 0 Å². The summed E-state index contributed by atoms with van der Waals surface area (Å²) in [5.74, 6) is -1.00. The van der Waals surface area contributed by atoms with Crippen LogP contribution in [0, 0.1) is 0 Å². The number of likely N-dealkylation sites (N-methyl/N-ethyl adjacent to an activating group) is 1. The van der Waals surface area contributed by atoms with Crippen LogP contribution >= 0.6 is 0 Å². The van der Waals surface area contributed by atoms with Crippen molar-refractivity contribution in [3.05, 3.63) is 35.4 Å². The maximum atomic E-state index is 11.9. The quantitative estimate of drug-likeness (QED) is 0.834. The van der Waals surface area contributed by atoms with E-state index in [0.29, 0.717) is 13.1 Å². The Hall–Kier alpha value is -2.04. The molecule has 0 aliphatic carbocycles. The number of hydrogen-bond acceptors (Lipinski definition) is 2. The van der Waals surface area contributed by atoms with Crippen LogP contribution in [-0.4, -0.2) is 40.5 Å². The molecule has 5 heteroatoms. The highest BCUT2D eigenvalue weighted by molar-refractivity contribution is 5.80. The first-order valence-corrected chi connectivity index (χ1v) is 5.36. The molecule has 1 aliphatic heterocycles. The molecule has 1 N–H and O–H groups in total. The Morgan fingerprint density at radius 3 is 2.29 bits per heavy atom. The van der Waals surface area contributed by atoms with E-state index < -0.39 is 5.97 Å². The van der Waals surface area contributed by atoms with Gasteiger partial charge in [-0.2, -0.15) is 0 Å². The fourth-order valence-corrected chi connectivity index (χ4v) is 1.98. The normalized spacial score (nSPS) is 13.4. The smallest absolute Gasteiger partial charge is 0.323 e. The summed E-state index contributed by atoms with van der Waals surface area (Å²) in [4.78, 5) is 25.3. The summed E-state index contributed by atoms with van der Waals surface area (Å²) in [5.41, 5.74) is 2.26. The minimum Gasteiger partial charge on any atom is -0.480 e. The van der Waals surface area contributed by atoms with E-state index in [1.807, 2.05) is 24.3 Å². The molecule has 1 aromatic rings. The Morgan fingerprint density at radius 2 is 1.82 bits per heavy atom. The predicted molar refractivity (Wildman–Crippen MR) is 61.4 cm³/mol. The number of amides is 2. The summed E-state index contributed by atoms with van der Waals surface area (Å²) >= 11 is 0. The van der Waals surface area contributed by atoms with Gasteiger partial charge in [-0.15, -0.1) is 0 Å². The van der Waals surface area contributed by atoms with Gasteiger partial charge in [-0.3, -0.25) is 4.79 Å². The monoisotopic (exact) mass is 234 g/mol. The molecule has 2 amide bonds. The Bertz CT molecular complexity index is 434. The highest BCUT2D eigenvalue weighted by Crippen LogP contribution is 2.22. The van der Waals surface area contributed by atoms with Crippen molar-refractivity contribution in [3.63, 3.8) is 0 Å². The zero-order chi connectivity index (χ0) is 12.4. The Kier molecular flexibility index (Phi) is 2.99. The van der Waals surface area contributed by atoms with Gasteiger partial charge in [0.15, 0.2) is 0 Å². The Morgan fingerprint density at radius 1 is 1.29 bits per heavy atom. The van der Waals surface area contributed by atoms with Crippen LogP contribution < -0.4 is 0 Å². The molecule has 0 saturated heterocycles. The average Bonchev–Trinajstić information content (AvgIpc) is 2.70. The minimum absolute atomic E-state index is 0.247. The molecule has 0 bridgehead atoms. The van der Waals surface area contributed by atoms with Crippen LogP contribution in [0.2, 0.25) is 0 Å². The summed E-state index contributed by atoms with van der Waals surface area (Å²) in [6.45, 7) is 0.837. The zero-order valence-corrected chi connectivity index (χ0v) is 9.59. The number of carboxylic acids is 1. The average molecular weight is 234 g/mol. The number of carboxylic acid groups (broad SMARTS) is 1. The van der Waals surface area contributed by atoms with Crippen molar-refractivity contribution >= 4 is 12.0 Å². The van der Waals surface area contributed by atoms with Crippen LogP contribution in [0.5, 0.6) is 0 Å². The SMILES string of the molecule is CN(CC(=O)O)C(=O)N1Cc2ccccc2C1. The highest BCUT2D eigenvalue weighted by Gasteiger charge is 2.25. The third-order valence-corrected chi connectivity index (χ3v) is 2.81. The molecule has 0 atom stereocenters. The lowest BCUT2D eigenvalue weighted by atomic mass is 10.1. The second kappa shape index (κ2) is 4.45. The maximum absolute atomic E-state index is 11.9. The first-order chi connectivity index (χ1) is 8.08. The Labute approximate surface area is 99.3 Å². The molecule has 0 unspecified atom stereocenters. The second-order valence-electron chi connectivity index (χ2n) is 4.16. The molecule has 0 fully saturated rings. The van der Waals surface area contributed by atoms with Gasteiger partial charge < -0.3 is 14.9 Å². The van der Waals surface area contributed by atoms with Gasteiger partial charge in [0.1, 0.15) is 6.54 Å². The molecule has 0 aromatic heterocycles. The van der Waals surface area contributed by atoms with Crippen LogP contribution in [0.25, 0.3) is 0 Å². The van der Waals surface area contributed by atoms with Gasteiger partial charge in [0.25, 0.3) is 0 Å². The van der Waals surface area contributed by atoms with Crippen LogP contribution in [-0.2, 0) is 17.9 Å². The highest BCUT2D eigenvalue weighted by atomic mass is 16.4. The summed E-state index contributed by atoms with van der Waals surface area (Å²) in [7, 11) is 1.50. The molecule has 90 valence electrons. The molecule has 1 heterocycles. The molecule has 5 nitrogen and oxygen atoms in total. The van der Waals surface area contributed by atoms with Gasteiger partial charge in [0, 0.05) is 20.1 Å². The third-order valence-electron chi connectivity index (χ3n) is 2.81. The maximum Gasteiger partial charge on any atom is 0.323 e. The van der Waals surface area contributed by atoms with Crippen LogP contribution in [0.3, 0.4) is 0 Å². The lowest BCUT2D eigenvalue weighted by molar-refractivity contribution is -0.137. The van der Waals surface area contributed by atoms with Gasteiger partial charge in [-0.1, -0.05) is 24.3 Å². The lowest BCUT2D eigenvalue weighted by Crippen LogP contribution is -2.40. The van der Waals surface area contributed by atoms with Crippen molar-refractivity contribution in [2.24, 2.45) is 0 Å². The fraction of sp³-hybridized carbons (Fsp3) is 0.333. The van der Waals surface area contributed by atoms with E-state index in [0.717, 1.165) is 11.1 Å². The number of fused-ring (bicyclic) bond motifs is 1. The number of rotatable bonds is 2. The molecule has 2 rings (SSSR count). The van der Waals surface area contributed by atoms with E-state index >= 15 is 0 Å². The van der Waals surface area contributed by atoms with Gasteiger partial charge in [-0.25, -0.2) is 4.79 Å². The first kappa shape index (κ1) is 11.4. The van der Waals surface area contributed by atoms with Gasteiger partial charge in [-0.05, 0) is 11.1 Å². The summed E-state index contributed by atoms with van der Waals surface area (Å²) < 4.78 is 0. The number of carbonyl (C=O) groups is 2. The van der Waals surface area contributed by atoms with E-state index in [-0.39, 0.29) is 12.6 Å². The Balaban J connectivity index is 2.03. The second-order valence-corrected chi connectivity index (χ2v) is 4.16. The third kappa shape index (κ3) is 2.38. The van der Waals surface area contributed by atoms with Crippen molar-refractivity contribution in [2.75, 3.05) is 13.6 Å². The van der Waals surface area contributed by atoms with Crippen molar-refractivity contribution < 1.29 is 14.7 Å². The van der Waals surface area contributed by atoms with E-state index in [4.69, 9.17) is 5.11 Å². The van der Waals surface area contributed by atoms with Gasteiger partial charge in [0.05, 0.1) is 0 Å².